The number of carbonyl (C=O) groups is 2. The summed E-state index contributed by atoms with van der Waals surface area (Å²) in [5.74, 6) is -1.29. The molecule has 0 aliphatic rings. The van der Waals surface area contributed by atoms with Gasteiger partial charge in [-0.2, -0.15) is 0 Å². The normalized spacial score (nSPS) is 14.2. The maximum absolute atomic E-state index is 12.3. The largest absolute Gasteiger partial charge is 0.481 e. The van der Waals surface area contributed by atoms with E-state index in [0.29, 0.717) is 5.56 Å². The summed E-state index contributed by atoms with van der Waals surface area (Å²) in [5.41, 5.74) is 0.707. The van der Waals surface area contributed by atoms with Crippen LogP contribution in [-0.2, 0) is 14.9 Å². The number of aliphatic carboxylic acids is 1. The highest BCUT2D eigenvalue weighted by Gasteiger charge is 2.30. The van der Waals surface area contributed by atoms with Gasteiger partial charge in [0.1, 0.15) is 0 Å². The first-order valence-electron chi connectivity index (χ1n) is 7.21. The zero-order valence-electron chi connectivity index (χ0n) is 13.9. The molecule has 1 aromatic carbocycles. The van der Waals surface area contributed by atoms with Crippen molar-refractivity contribution in [2.24, 2.45) is 0 Å². The topological polar surface area (TPSA) is 75.6 Å². The van der Waals surface area contributed by atoms with Crippen LogP contribution in [0.5, 0.6) is 0 Å². The van der Waals surface area contributed by atoms with Gasteiger partial charge in [-0.25, -0.2) is 0 Å². The Kier molecular flexibility index (Phi) is 5.72. The highest BCUT2D eigenvalue weighted by atomic mass is 16.5. The van der Waals surface area contributed by atoms with Crippen molar-refractivity contribution in [2.45, 2.75) is 45.1 Å². The Morgan fingerprint density at radius 1 is 1.14 bits per heavy atom. The van der Waals surface area contributed by atoms with Crippen LogP contribution in [0.3, 0.4) is 0 Å². The molecule has 0 aromatic heterocycles. The number of benzene rings is 1. The van der Waals surface area contributed by atoms with Crippen molar-refractivity contribution in [2.75, 3.05) is 13.7 Å². The molecule has 0 bridgehead atoms. The SMILES string of the molecule is COCC(C)(CC(=O)O)NC(=O)c1ccc(C(C)(C)C)cc1. The van der Waals surface area contributed by atoms with Crippen LogP contribution < -0.4 is 5.32 Å². The molecule has 0 fully saturated rings. The minimum atomic E-state index is -0.983. The van der Waals surface area contributed by atoms with Crippen molar-refractivity contribution < 1.29 is 19.4 Å². The number of carbonyl (C=O) groups excluding carboxylic acids is 1. The Labute approximate surface area is 131 Å². The van der Waals surface area contributed by atoms with Gasteiger partial charge in [0.15, 0.2) is 0 Å². The van der Waals surface area contributed by atoms with Gasteiger partial charge in [-0.3, -0.25) is 9.59 Å². The van der Waals surface area contributed by atoms with Crippen molar-refractivity contribution in [1.82, 2.24) is 5.32 Å². The second-order valence-corrected chi connectivity index (χ2v) is 6.85. The Hall–Kier alpha value is -1.88. The molecule has 122 valence electrons. The lowest BCUT2D eigenvalue weighted by molar-refractivity contribution is -0.139. The van der Waals surface area contributed by atoms with Crippen molar-refractivity contribution in [3.8, 4) is 0 Å². The monoisotopic (exact) mass is 307 g/mol. The zero-order chi connectivity index (χ0) is 17.0. The van der Waals surface area contributed by atoms with Gasteiger partial charge in [0.2, 0.25) is 0 Å². The molecule has 1 rings (SSSR count). The molecular weight excluding hydrogens is 282 g/mol. The molecule has 0 aliphatic heterocycles. The minimum Gasteiger partial charge on any atom is -0.481 e. The van der Waals surface area contributed by atoms with Crippen molar-refractivity contribution in [1.29, 1.82) is 0 Å². The third-order valence-electron chi connectivity index (χ3n) is 3.43. The summed E-state index contributed by atoms with van der Waals surface area (Å²) >= 11 is 0. The van der Waals surface area contributed by atoms with E-state index in [2.05, 4.69) is 26.1 Å². The van der Waals surface area contributed by atoms with Crippen LogP contribution in [0.2, 0.25) is 0 Å². The molecule has 5 nitrogen and oxygen atoms in total. The minimum absolute atomic E-state index is 0.0167. The predicted octanol–water partition coefficient (Wildman–Crippen LogP) is 2.59. The van der Waals surface area contributed by atoms with Crippen LogP contribution in [-0.4, -0.2) is 36.2 Å². The van der Waals surface area contributed by atoms with Crippen molar-refractivity contribution >= 4 is 11.9 Å². The lowest BCUT2D eigenvalue weighted by atomic mass is 9.86. The fourth-order valence-corrected chi connectivity index (χ4v) is 2.25. The summed E-state index contributed by atoms with van der Waals surface area (Å²) in [4.78, 5) is 23.3. The molecule has 2 N–H and O–H groups in total. The molecule has 0 radical (unpaired) electrons. The molecule has 0 saturated carbocycles. The average Bonchev–Trinajstić information content (AvgIpc) is 2.36. The third-order valence-corrected chi connectivity index (χ3v) is 3.43. The number of methoxy groups -OCH3 is 1. The molecular formula is C17H25NO4. The van der Waals surface area contributed by atoms with Gasteiger partial charge < -0.3 is 15.2 Å². The quantitative estimate of drug-likeness (QED) is 0.847. The van der Waals surface area contributed by atoms with E-state index in [1.807, 2.05) is 12.1 Å². The van der Waals surface area contributed by atoms with Crippen LogP contribution >= 0.6 is 0 Å². The summed E-state index contributed by atoms with van der Waals surface area (Å²) in [7, 11) is 1.48. The van der Waals surface area contributed by atoms with Crippen LogP contribution in [0, 0.1) is 0 Å². The van der Waals surface area contributed by atoms with E-state index >= 15 is 0 Å². The van der Waals surface area contributed by atoms with Gasteiger partial charge in [-0.05, 0) is 30.0 Å². The highest BCUT2D eigenvalue weighted by Crippen LogP contribution is 2.22. The van der Waals surface area contributed by atoms with E-state index in [1.54, 1.807) is 19.1 Å². The number of ether oxygens (including phenoxy) is 1. The average molecular weight is 307 g/mol. The Balaban J connectivity index is 2.88. The molecule has 1 aromatic rings. The van der Waals surface area contributed by atoms with E-state index in [4.69, 9.17) is 9.84 Å². The van der Waals surface area contributed by atoms with Gasteiger partial charge in [-0.1, -0.05) is 32.9 Å². The van der Waals surface area contributed by atoms with E-state index in [1.165, 1.54) is 7.11 Å². The summed E-state index contributed by atoms with van der Waals surface area (Å²) in [5, 5.41) is 11.7. The summed E-state index contributed by atoms with van der Waals surface area (Å²) in [6.07, 6.45) is -0.202. The molecule has 0 spiro atoms. The Morgan fingerprint density at radius 2 is 1.68 bits per heavy atom. The van der Waals surface area contributed by atoms with E-state index in [0.717, 1.165) is 5.56 Å². The van der Waals surface area contributed by atoms with E-state index in [-0.39, 0.29) is 24.3 Å². The second kappa shape index (κ2) is 6.92. The van der Waals surface area contributed by atoms with E-state index in [9.17, 15) is 9.59 Å². The van der Waals surface area contributed by atoms with E-state index < -0.39 is 11.5 Å². The third kappa shape index (κ3) is 5.15. The molecule has 5 heteroatoms. The summed E-state index contributed by atoms with van der Waals surface area (Å²) in [6.45, 7) is 8.09. The van der Waals surface area contributed by atoms with Gasteiger partial charge >= 0.3 is 5.97 Å². The molecule has 0 saturated heterocycles. The number of hydrogen-bond acceptors (Lipinski definition) is 3. The first kappa shape index (κ1) is 18.2. The molecule has 0 aliphatic carbocycles. The van der Waals surface area contributed by atoms with Crippen LogP contribution in [0.15, 0.2) is 24.3 Å². The van der Waals surface area contributed by atoms with Gasteiger partial charge in [0.05, 0.1) is 18.6 Å². The number of hydrogen-bond donors (Lipinski definition) is 2. The molecule has 1 amide bonds. The zero-order valence-corrected chi connectivity index (χ0v) is 13.9. The summed E-state index contributed by atoms with van der Waals surface area (Å²) < 4.78 is 5.03. The Morgan fingerprint density at radius 3 is 2.09 bits per heavy atom. The fourth-order valence-electron chi connectivity index (χ4n) is 2.25. The smallest absolute Gasteiger partial charge is 0.305 e. The van der Waals surface area contributed by atoms with Crippen molar-refractivity contribution in [3.05, 3.63) is 35.4 Å². The lowest BCUT2D eigenvalue weighted by Gasteiger charge is -2.28. The molecule has 1 unspecified atom stereocenters. The summed E-state index contributed by atoms with van der Waals surface area (Å²) in [6, 6.07) is 7.34. The van der Waals surface area contributed by atoms with Crippen molar-refractivity contribution in [3.63, 3.8) is 0 Å². The predicted molar refractivity (Wildman–Crippen MR) is 85.1 cm³/mol. The number of carboxylic acid groups (broad SMARTS) is 1. The molecule has 22 heavy (non-hydrogen) atoms. The number of nitrogens with one attached hydrogen (secondary N) is 1. The van der Waals surface area contributed by atoms with Gasteiger partial charge in [-0.15, -0.1) is 0 Å². The number of amides is 1. The molecule has 1 atom stereocenters. The second-order valence-electron chi connectivity index (χ2n) is 6.85. The number of rotatable bonds is 6. The molecule has 0 heterocycles. The maximum Gasteiger partial charge on any atom is 0.305 e. The van der Waals surface area contributed by atoms with Gasteiger partial charge in [0, 0.05) is 12.7 Å². The first-order chi connectivity index (χ1) is 10.1. The van der Waals surface area contributed by atoms with Gasteiger partial charge in [0.25, 0.3) is 5.91 Å². The Bertz CT molecular complexity index is 531. The number of carboxylic acids is 1. The lowest BCUT2D eigenvalue weighted by Crippen LogP contribution is -2.50. The highest BCUT2D eigenvalue weighted by molar-refractivity contribution is 5.95. The fraction of sp³-hybridized carbons (Fsp3) is 0.529. The maximum atomic E-state index is 12.3. The van der Waals surface area contributed by atoms with Crippen LogP contribution in [0.1, 0.15) is 50.0 Å². The first-order valence-corrected chi connectivity index (χ1v) is 7.21. The van der Waals surface area contributed by atoms with Crippen LogP contribution in [0.25, 0.3) is 0 Å². The standard InChI is InChI=1S/C17H25NO4/c1-16(2,3)13-8-6-12(7-9-13)15(21)18-17(4,11-22-5)10-14(19)20/h6-9H,10-11H2,1-5H3,(H,18,21)(H,19,20). The van der Waals surface area contributed by atoms with Crippen LogP contribution in [0.4, 0.5) is 0 Å².